The summed E-state index contributed by atoms with van der Waals surface area (Å²) in [7, 11) is 1.57. The topological polar surface area (TPSA) is 69.0 Å². The first kappa shape index (κ1) is 19.1. The number of benzene rings is 1. The van der Waals surface area contributed by atoms with Gasteiger partial charge >= 0.3 is 0 Å². The largest absolute Gasteiger partial charge is 0.497 e. The maximum Gasteiger partial charge on any atom is 0.258 e. The van der Waals surface area contributed by atoms with E-state index in [-0.39, 0.29) is 11.3 Å². The number of nitrogens with one attached hydrogen (secondary N) is 1. The van der Waals surface area contributed by atoms with E-state index in [0.29, 0.717) is 27.4 Å². The highest BCUT2D eigenvalue weighted by atomic mass is 79.9. The number of ether oxygens (including phenoxy) is 1. The lowest BCUT2D eigenvalue weighted by Gasteiger charge is -2.13. The number of anilines is 1. The molecule has 7 heteroatoms. The third kappa shape index (κ3) is 4.19. The number of pyridine rings is 1. The van der Waals surface area contributed by atoms with Crippen LogP contribution in [0.25, 0.3) is 5.82 Å². The normalized spacial score (nSPS) is 11.3. The van der Waals surface area contributed by atoms with Crippen molar-refractivity contribution in [2.45, 2.75) is 26.2 Å². The summed E-state index contributed by atoms with van der Waals surface area (Å²) >= 11 is 3.42. The molecular formula is C20H21BrN4O2. The predicted octanol–water partition coefficient (Wildman–Crippen LogP) is 4.59. The SMILES string of the molecule is COc1ccc(Br)c(C(=O)Nc2cc(C(C)(C)C)nn2-c2ccccn2)c1. The van der Waals surface area contributed by atoms with Gasteiger partial charge in [-0.2, -0.15) is 9.78 Å². The summed E-state index contributed by atoms with van der Waals surface area (Å²) < 4.78 is 7.55. The molecule has 27 heavy (non-hydrogen) atoms. The standard InChI is InChI=1S/C20H21BrN4O2/c1-20(2,3)16-12-18(25(24-16)17-7-5-6-10-22-17)23-19(26)14-11-13(27-4)8-9-15(14)21/h5-12H,1-4H3,(H,23,26). The van der Waals surface area contributed by atoms with Crippen LogP contribution in [0, 0.1) is 0 Å². The van der Waals surface area contributed by atoms with E-state index in [0.717, 1.165) is 5.69 Å². The number of aromatic nitrogens is 3. The van der Waals surface area contributed by atoms with E-state index in [4.69, 9.17) is 4.74 Å². The van der Waals surface area contributed by atoms with Crippen molar-refractivity contribution >= 4 is 27.7 Å². The van der Waals surface area contributed by atoms with Gasteiger partial charge in [0.15, 0.2) is 5.82 Å². The third-order valence-corrected chi connectivity index (χ3v) is 4.70. The van der Waals surface area contributed by atoms with E-state index >= 15 is 0 Å². The molecular weight excluding hydrogens is 408 g/mol. The zero-order valence-corrected chi connectivity index (χ0v) is 17.2. The van der Waals surface area contributed by atoms with Gasteiger partial charge < -0.3 is 10.1 Å². The van der Waals surface area contributed by atoms with Gasteiger partial charge in [0.25, 0.3) is 5.91 Å². The fourth-order valence-electron chi connectivity index (χ4n) is 2.48. The van der Waals surface area contributed by atoms with Gasteiger partial charge in [-0.25, -0.2) is 4.98 Å². The number of rotatable bonds is 4. The molecule has 2 heterocycles. The minimum Gasteiger partial charge on any atom is -0.497 e. The van der Waals surface area contributed by atoms with Gasteiger partial charge in [-0.05, 0) is 46.3 Å². The minimum absolute atomic E-state index is 0.171. The smallest absolute Gasteiger partial charge is 0.258 e. The molecule has 140 valence electrons. The Kier molecular flexibility index (Phi) is 5.32. The first-order valence-electron chi connectivity index (χ1n) is 8.46. The summed E-state index contributed by atoms with van der Waals surface area (Å²) in [5.74, 6) is 1.53. The predicted molar refractivity (Wildman–Crippen MR) is 109 cm³/mol. The van der Waals surface area contributed by atoms with E-state index in [1.165, 1.54) is 0 Å². The van der Waals surface area contributed by atoms with Crippen LogP contribution < -0.4 is 10.1 Å². The summed E-state index contributed by atoms with van der Waals surface area (Å²) in [6.45, 7) is 6.22. The molecule has 3 aromatic rings. The molecule has 1 amide bonds. The number of carbonyl (C=O) groups is 1. The maximum absolute atomic E-state index is 12.9. The Hall–Kier alpha value is -2.67. The van der Waals surface area contributed by atoms with Crippen molar-refractivity contribution in [3.63, 3.8) is 0 Å². The quantitative estimate of drug-likeness (QED) is 0.659. The van der Waals surface area contributed by atoms with Crippen molar-refractivity contribution in [3.05, 3.63) is 64.4 Å². The Balaban J connectivity index is 2.01. The van der Waals surface area contributed by atoms with Gasteiger partial charge in [0.1, 0.15) is 11.6 Å². The second-order valence-corrected chi connectivity index (χ2v) is 7.92. The molecule has 6 nitrogen and oxygen atoms in total. The van der Waals surface area contributed by atoms with Gasteiger partial charge in [-0.15, -0.1) is 0 Å². The van der Waals surface area contributed by atoms with Crippen molar-refractivity contribution in [3.8, 4) is 11.6 Å². The number of hydrogen-bond donors (Lipinski definition) is 1. The molecule has 0 saturated carbocycles. The fourth-order valence-corrected chi connectivity index (χ4v) is 2.91. The highest BCUT2D eigenvalue weighted by Crippen LogP contribution is 2.27. The second-order valence-electron chi connectivity index (χ2n) is 7.06. The second kappa shape index (κ2) is 7.52. The zero-order valence-electron chi connectivity index (χ0n) is 15.7. The molecule has 0 radical (unpaired) electrons. The summed E-state index contributed by atoms with van der Waals surface area (Å²) in [6.07, 6.45) is 1.69. The van der Waals surface area contributed by atoms with Crippen molar-refractivity contribution in [2.24, 2.45) is 0 Å². The van der Waals surface area contributed by atoms with Crippen molar-refractivity contribution in [2.75, 3.05) is 12.4 Å². The van der Waals surface area contributed by atoms with Gasteiger partial charge in [-0.3, -0.25) is 4.79 Å². The van der Waals surface area contributed by atoms with Crippen LogP contribution in [0.3, 0.4) is 0 Å². The average molecular weight is 429 g/mol. The van der Waals surface area contributed by atoms with E-state index in [2.05, 4.69) is 52.1 Å². The van der Waals surface area contributed by atoms with E-state index in [9.17, 15) is 4.79 Å². The molecule has 0 fully saturated rings. The van der Waals surface area contributed by atoms with Crippen molar-refractivity contribution < 1.29 is 9.53 Å². The molecule has 0 spiro atoms. The molecule has 1 aromatic carbocycles. The van der Waals surface area contributed by atoms with Crippen LogP contribution in [0.4, 0.5) is 5.82 Å². The number of carbonyl (C=O) groups excluding carboxylic acids is 1. The Bertz CT molecular complexity index is 962. The summed E-state index contributed by atoms with van der Waals surface area (Å²) in [5, 5.41) is 7.60. The van der Waals surface area contributed by atoms with Crippen LogP contribution in [0.2, 0.25) is 0 Å². The molecule has 0 atom stereocenters. The van der Waals surface area contributed by atoms with Crippen LogP contribution in [-0.4, -0.2) is 27.8 Å². The first-order chi connectivity index (χ1) is 12.8. The maximum atomic E-state index is 12.9. The lowest BCUT2D eigenvalue weighted by Crippen LogP contribution is -2.16. The first-order valence-corrected chi connectivity index (χ1v) is 9.26. The Labute approximate surface area is 166 Å². The molecule has 0 unspecified atom stereocenters. The molecule has 0 aliphatic carbocycles. The lowest BCUT2D eigenvalue weighted by atomic mass is 9.92. The molecule has 0 saturated heterocycles. The lowest BCUT2D eigenvalue weighted by molar-refractivity contribution is 0.102. The van der Waals surface area contributed by atoms with Crippen LogP contribution >= 0.6 is 15.9 Å². The molecule has 2 aromatic heterocycles. The van der Waals surface area contributed by atoms with Crippen LogP contribution in [0.1, 0.15) is 36.8 Å². The van der Waals surface area contributed by atoms with Crippen LogP contribution in [0.5, 0.6) is 5.75 Å². The summed E-state index contributed by atoms with van der Waals surface area (Å²) in [4.78, 5) is 17.2. The molecule has 0 aliphatic rings. The highest BCUT2D eigenvalue weighted by molar-refractivity contribution is 9.10. The summed E-state index contributed by atoms with van der Waals surface area (Å²) in [5.41, 5.74) is 1.16. The third-order valence-electron chi connectivity index (χ3n) is 4.00. The molecule has 0 bridgehead atoms. The summed E-state index contributed by atoms with van der Waals surface area (Å²) in [6, 6.07) is 12.7. The Morgan fingerprint density at radius 1 is 1.19 bits per heavy atom. The monoisotopic (exact) mass is 428 g/mol. The van der Waals surface area contributed by atoms with E-state index in [1.807, 2.05) is 24.3 Å². The Morgan fingerprint density at radius 2 is 1.96 bits per heavy atom. The van der Waals surface area contributed by atoms with Gasteiger partial charge in [-0.1, -0.05) is 26.8 Å². The molecule has 3 rings (SSSR count). The van der Waals surface area contributed by atoms with Crippen molar-refractivity contribution in [1.82, 2.24) is 14.8 Å². The number of amides is 1. The number of methoxy groups -OCH3 is 1. The molecule has 1 N–H and O–H groups in total. The van der Waals surface area contributed by atoms with Crippen molar-refractivity contribution in [1.29, 1.82) is 0 Å². The van der Waals surface area contributed by atoms with Gasteiger partial charge in [0.2, 0.25) is 0 Å². The average Bonchev–Trinajstić information content (AvgIpc) is 3.07. The van der Waals surface area contributed by atoms with Gasteiger partial charge in [0, 0.05) is 22.2 Å². The van der Waals surface area contributed by atoms with Gasteiger partial charge in [0.05, 0.1) is 18.4 Å². The Morgan fingerprint density at radius 3 is 2.59 bits per heavy atom. The van der Waals surface area contributed by atoms with Crippen LogP contribution in [-0.2, 0) is 5.41 Å². The fraction of sp³-hybridized carbons (Fsp3) is 0.250. The zero-order chi connectivity index (χ0) is 19.6. The number of halogens is 1. The highest BCUT2D eigenvalue weighted by Gasteiger charge is 2.22. The number of hydrogen-bond acceptors (Lipinski definition) is 4. The van der Waals surface area contributed by atoms with E-state index < -0.39 is 0 Å². The minimum atomic E-state index is -0.265. The molecule has 0 aliphatic heterocycles. The number of nitrogens with zero attached hydrogens (tertiary/aromatic N) is 3. The van der Waals surface area contributed by atoms with Crippen LogP contribution in [0.15, 0.2) is 53.1 Å². The van der Waals surface area contributed by atoms with E-state index in [1.54, 1.807) is 36.2 Å².